The van der Waals surface area contributed by atoms with Crippen molar-refractivity contribution in [2.24, 2.45) is 0 Å². The molecule has 0 spiro atoms. The molecule has 1 atom stereocenters. The molecule has 2 rings (SSSR count). The molecule has 0 aliphatic rings. The van der Waals surface area contributed by atoms with Crippen LogP contribution < -0.4 is 10.6 Å². The number of hydrogen-bond acceptors (Lipinski definition) is 1. The van der Waals surface area contributed by atoms with Crippen molar-refractivity contribution in [1.82, 2.24) is 5.32 Å². The van der Waals surface area contributed by atoms with E-state index in [-0.39, 0.29) is 22.3 Å². The standard InChI is InChI=1S/C19H22F2N2S/c1-12(13-8-10-14(11-9-13)19(2,3)4)22-18(24)23-17-15(20)6-5-7-16(17)21/h5-12H,1-4H3,(H2,22,23,24). The van der Waals surface area contributed by atoms with E-state index in [0.29, 0.717) is 0 Å². The minimum absolute atomic E-state index is 0.0890. The smallest absolute Gasteiger partial charge is 0.171 e. The largest absolute Gasteiger partial charge is 0.356 e. The maximum atomic E-state index is 13.6. The second-order valence-corrected chi connectivity index (χ2v) is 7.20. The average molecular weight is 348 g/mol. The monoisotopic (exact) mass is 348 g/mol. The molecule has 0 saturated carbocycles. The van der Waals surface area contributed by atoms with E-state index >= 15 is 0 Å². The minimum Gasteiger partial charge on any atom is -0.356 e. The Morgan fingerprint density at radius 2 is 1.54 bits per heavy atom. The van der Waals surface area contributed by atoms with Gasteiger partial charge in [-0.1, -0.05) is 51.1 Å². The Balaban J connectivity index is 2.04. The summed E-state index contributed by atoms with van der Waals surface area (Å²) in [6, 6.07) is 11.8. The quantitative estimate of drug-likeness (QED) is 0.735. The number of thiocarbonyl (C=S) groups is 1. The molecule has 0 fully saturated rings. The SMILES string of the molecule is CC(NC(=S)Nc1c(F)cccc1F)c1ccc(C(C)(C)C)cc1. The highest BCUT2D eigenvalue weighted by molar-refractivity contribution is 7.80. The first-order chi connectivity index (χ1) is 11.2. The Kier molecular flexibility index (Phi) is 5.54. The maximum Gasteiger partial charge on any atom is 0.171 e. The van der Waals surface area contributed by atoms with Crippen LogP contribution in [-0.4, -0.2) is 5.11 Å². The average Bonchev–Trinajstić information content (AvgIpc) is 2.50. The van der Waals surface area contributed by atoms with Gasteiger partial charge in [0, 0.05) is 0 Å². The number of nitrogens with one attached hydrogen (secondary N) is 2. The second-order valence-electron chi connectivity index (χ2n) is 6.79. The van der Waals surface area contributed by atoms with Crippen LogP contribution in [0.2, 0.25) is 0 Å². The van der Waals surface area contributed by atoms with E-state index in [0.717, 1.165) is 5.56 Å². The van der Waals surface area contributed by atoms with Crippen LogP contribution in [-0.2, 0) is 5.41 Å². The highest BCUT2D eigenvalue weighted by Crippen LogP contribution is 2.24. The number of anilines is 1. The summed E-state index contributed by atoms with van der Waals surface area (Å²) in [7, 11) is 0. The van der Waals surface area contributed by atoms with Crippen LogP contribution in [0.25, 0.3) is 0 Å². The molecule has 2 aromatic rings. The van der Waals surface area contributed by atoms with Gasteiger partial charge in [-0.3, -0.25) is 0 Å². The Labute approximate surface area is 147 Å². The van der Waals surface area contributed by atoms with Crippen LogP contribution in [0.4, 0.5) is 14.5 Å². The fraction of sp³-hybridized carbons (Fsp3) is 0.316. The lowest BCUT2D eigenvalue weighted by Crippen LogP contribution is -2.31. The molecule has 0 amide bonds. The Hall–Kier alpha value is -2.01. The van der Waals surface area contributed by atoms with Gasteiger partial charge >= 0.3 is 0 Å². The maximum absolute atomic E-state index is 13.6. The molecule has 0 aliphatic heterocycles. The van der Waals surface area contributed by atoms with Crippen molar-refractivity contribution in [3.05, 3.63) is 65.2 Å². The van der Waals surface area contributed by atoms with Gasteiger partial charge in [0.25, 0.3) is 0 Å². The first-order valence-electron chi connectivity index (χ1n) is 7.80. The van der Waals surface area contributed by atoms with E-state index in [1.54, 1.807) is 0 Å². The molecule has 0 bridgehead atoms. The number of halogens is 2. The first-order valence-corrected chi connectivity index (χ1v) is 8.21. The molecule has 0 aromatic heterocycles. The third-order valence-corrected chi connectivity index (χ3v) is 4.05. The van der Waals surface area contributed by atoms with E-state index < -0.39 is 11.6 Å². The van der Waals surface area contributed by atoms with Crippen LogP contribution in [0, 0.1) is 11.6 Å². The molecule has 5 heteroatoms. The molecule has 0 heterocycles. The van der Waals surface area contributed by atoms with E-state index in [1.165, 1.54) is 23.8 Å². The molecular weight excluding hydrogens is 326 g/mol. The molecule has 128 valence electrons. The molecule has 2 N–H and O–H groups in total. The van der Waals surface area contributed by atoms with Crippen molar-refractivity contribution >= 4 is 23.0 Å². The summed E-state index contributed by atoms with van der Waals surface area (Å²) in [5.74, 6) is -1.36. The number of rotatable bonds is 3. The fourth-order valence-electron chi connectivity index (χ4n) is 2.32. The van der Waals surface area contributed by atoms with Crippen molar-refractivity contribution in [3.63, 3.8) is 0 Å². The summed E-state index contributed by atoms with van der Waals surface area (Å²) in [4.78, 5) is 0. The lowest BCUT2D eigenvalue weighted by atomic mass is 9.86. The van der Waals surface area contributed by atoms with Crippen LogP contribution >= 0.6 is 12.2 Å². The van der Waals surface area contributed by atoms with Crippen molar-refractivity contribution in [3.8, 4) is 0 Å². The normalized spacial score (nSPS) is 12.6. The number of hydrogen-bond donors (Lipinski definition) is 2. The summed E-state index contributed by atoms with van der Waals surface area (Å²) in [5.41, 5.74) is 2.13. The molecule has 24 heavy (non-hydrogen) atoms. The van der Waals surface area contributed by atoms with Crippen molar-refractivity contribution in [1.29, 1.82) is 0 Å². The summed E-state index contributed by atoms with van der Waals surface area (Å²) in [6.07, 6.45) is 0. The van der Waals surface area contributed by atoms with Gasteiger partial charge in [0.05, 0.1) is 6.04 Å². The van der Waals surface area contributed by atoms with Gasteiger partial charge in [-0.25, -0.2) is 8.78 Å². The highest BCUT2D eigenvalue weighted by atomic mass is 32.1. The number of para-hydroxylation sites is 1. The third-order valence-electron chi connectivity index (χ3n) is 3.83. The van der Waals surface area contributed by atoms with Gasteiger partial charge in [0.15, 0.2) is 5.11 Å². The highest BCUT2D eigenvalue weighted by Gasteiger charge is 2.15. The van der Waals surface area contributed by atoms with E-state index in [4.69, 9.17) is 12.2 Å². The summed E-state index contributed by atoms with van der Waals surface area (Å²) >= 11 is 5.16. The Morgan fingerprint density at radius 1 is 1.00 bits per heavy atom. The van der Waals surface area contributed by atoms with Gasteiger partial charge in [0.2, 0.25) is 0 Å². The summed E-state index contributed by atoms with van der Waals surface area (Å²) < 4.78 is 27.3. The minimum atomic E-state index is -0.679. The Bertz CT molecular complexity index is 701. The van der Waals surface area contributed by atoms with Gasteiger partial charge in [0.1, 0.15) is 17.3 Å². The van der Waals surface area contributed by atoms with Crippen LogP contribution in [0.1, 0.15) is 44.9 Å². The van der Waals surface area contributed by atoms with Crippen LogP contribution in [0.3, 0.4) is 0 Å². The van der Waals surface area contributed by atoms with Crippen LogP contribution in [0.15, 0.2) is 42.5 Å². The van der Waals surface area contributed by atoms with E-state index in [9.17, 15) is 8.78 Å². The fourth-order valence-corrected chi connectivity index (χ4v) is 2.60. The lowest BCUT2D eigenvalue weighted by molar-refractivity contribution is 0.589. The summed E-state index contributed by atoms with van der Waals surface area (Å²) in [5, 5.41) is 5.80. The van der Waals surface area contributed by atoms with Crippen LogP contribution in [0.5, 0.6) is 0 Å². The Morgan fingerprint density at radius 3 is 2.04 bits per heavy atom. The van der Waals surface area contributed by atoms with E-state index in [2.05, 4.69) is 43.5 Å². The lowest BCUT2D eigenvalue weighted by Gasteiger charge is -2.21. The summed E-state index contributed by atoms with van der Waals surface area (Å²) in [6.45, 7) is 8.42. The molecular formula is C19H22F2N2S. The molecule has 0 radical (unpaired) electrons. The zero-order valence-corrected chi connectivity index (χ0v) is 15.1. The topological polar surface area (TPSA) is 24.1 Å². The first kappa shape index (κ1) is 18.3. The predicted molar refractivity (Wildman–Crippen MR) is 99.3 cm³/mol. The number of benzene rings is 2. The van der Waals surface area contributed by atoms with Gasteiger partial charge in [-0.05, 0) is 47.8 Å². The van der Waals surface area contributed by atoms with Crippen molar-refractivity contribution in [2.45, 2.75) is 39.2 Å². The molecule has 2 nitrogen and oxygen atoms in total. The van der Waals surface area contributed by atoms with Crippen molar-refractivity contribution in [2.75, 3.05) is 5.32 Å². The second kappa shape index (κ2) is 7.26. The third kappa shape index (κ3) is 4.51. The van der Waals surface area contributed by atoms with Gasteiger partial charge in [-0.2, -0.15) is 0 Å². The van der Waals surface area contributed by atoms with Gasteiger partial charge < -0.3 is 10.6 Å². The van der Waals surface area contributed by atoms with Crippen molar-refractivity contribution < 1.29 is 8.78 Å². The zero-order chi connectivity index (χ0) is 17.9. The van der Waals surface area contributed by atoms with Gasteiger partial charge in [-0.15, -0.1) is 0 Å². The zero-order valence-electron chi connectivity index (χ0n) is 14.3. The molecule has 0 aliphatic carbocycles. The predicted octanol–water partition coefficient (Wildman–Crippen LogP) is 5.31. The molecule has 0 saturated heterocycles. The van der Waals surface area contributed by atoms with E-state index in [1.807, 2.05) is 19.1 Å². The molecule has 1 unspecified atom stereocenters. The molecule has 2 aromatic carbocycles.